The zero-order valence-electron chi connectivity index (χ0n) is 11.9. The third-order valence-corrected chi connectivity index (χ3v) is 3.65. The van der Waals surface area contributed by atoms with Crippen LogP contribution in [-0.4, -0.2) is 21.1 Å². The lowest BCUT2D eigenvalue weighted by Crippen LogP contribution is -1.99. The SMILES string of the molecule is Clc1ccc(OCc2ccccc2Cl)c(/C=N\n2cnnc2)c1. The van der Waals surface area contributed by atoms with Crippen molar-refractivity contribution < 1.29 is 4.74 Å². The van der Waals surface area contributed by atoms with Gasteiger partial charge in [0.2, 0.25) is 0 Å². The number of rotatable bonds is 5. The van der Waals surface area contributed by atoms with Crippen LogP contribution in [0.1, 0.15) is 11.1 Å². The summed E-state index contributed by atoms with van der Waals surface area (Å²) in [5.74, 6) is 0.658. The molecule has 0 aliphatic carbocycles. The molecule has 0 amide bonds. The van der Waals surface area contributed by atoms with E-state index in [0.717, 1.165) is 11.1 Å². The number of hydrogen-bond donors (Lipinski definition) is 0. The molecule has 23 heavy (non-hydrogen) atoms. The Balaban J connectivity index is 1.80. The quantitative estimate of drug-likeness (QED) is 0.655. The summed E-state index contributed by atoms with van der Waals surface area (Å²) in [5.41, 5.74) is 1.66. The molecule has 0 radical (unpaired) electrons. The summed E-state index contributed by atoms with van der Waals surface area (Å²) in [6.07, 6.45) is 4.62. The predicted molar refractivity (Wildman–Crippen MR) is 90.3 cm³/mol. The molecule has 116 valence electrons. The number of hydrogen-bond acceptors (Lipinski definition) is 4. The predicted octanol–water partition coefficient (Wildman–Crippen LogP) is 4.05. The van der Waals surface area contributed by atoms with Crippen LogP contribution in [-0.2, 0) is 6.61 Å². The van der Waals surface area contributed by atoms with E-state index in [9.17, 15) is 0 Å². The van der Waals surface area contributed by atoms with E-state index in [-0.39, 0.29) is 0 Å². The molecular weight excluding hydrogens is 335 g/mol. The molecule has 1 aromatic heterocycles. The maximum absolute atomic E-state index is 6.14. The Kier molecular flexibility index (Phi) is 4.90. The third-order valence-electron chi connectivity index (χ3n) is 3.05. The van der Waals surface area contributed by atoms with Gasteiger partial charge in [-0.25, -0.2) is 4.68 Å². The van der Waals surface area contributed by atoms with Gasteiger partial charge in [0.15, 0.2) is 0 Å². The lowest BCUT2D eigenvalue weighted by molar-refractivity contribution is 0.306. The van der Waals surface area contributed by atoms with Crippen LogP contribution in [0.4, 0.5) is 0 Å². The topological polar surface area (TPSA) is 52.3 Å². The lowest BCUT2D eigenvalue weighted by atomic mass is 10.2. The van der Waals surface area contributed by atoms with Crippen LogP contribution in [0.2, 0.25) is 10.0 Å². The summed E-state index contributed by atoms with van der Waals surface area (Å²) < 4.78 is 7.34. The van der Waals surface area contributed by atoms with Crippen molar-refractivity contribution in [2.24, 2.45) is 5.10 Å². The molecule has 0 aliphatic heterocycles. The number of nitrogens with zero attached hydrogens (tertiary/aromatic N) is 4. The van der Waals surface area contributed by atoms with E-state index in [1.54, 1.807) is 24.4 Å². The fourth-order valence-corrected chi connectivity index (χ4v) is 2.28. The van der Waals surface area contributed by atoms with Crippen LogP contribution in [0.25, 0.3) is 0 Å². The fourth-order valence-electron chi connectivity index (χ4n) is 1.91. The van der Waals surface area contributed by atoms with Crippen molar-refractivity contribution in [3.8, 4) is 5.75 Å². The number of ether oxygens (including phenoxy) is 1. The summed E-state index contributed by atoms with van der Waals surface area (Å²) in [6, 6.07) is 12.9. The highest BCUT2D eigenvalue weighted by Gasteiger charge is 2.05. The first-order valence-corrected chi connectivity index (χ1v) is 7.53. The first kappa shape index (κ1) is 15.5. The molecule has 3 rings (SSSR count). The zero-order chi connectivity index (χ0) is 16.1. The molecule has 0 saturated carbocycles. The van der Waals surface area contributed by atoms with Gasteiger partial charge in [-0.3, -0.25) is 0 Å². The summed E-state index contributed by atoms with van der Waals surface area (Å²) in [6.45, 7) is 0.356. The highest BCUT2D eigenvalue weighted by molar-refractivity contribution is 6.31. The molecule has 2 aromatic carbocycles. The van der Waals surface area contributed by atoms with E-state index in [4.69, 9.17) is 27.9 Å². The Morgan fingerprint density at radius 2 is 1.87 bits per heavy atom. The van der Waals surface area contributed by atoms with Crippen molar-refractivity contribution >= 4 is 29.4 Å². The van der Waals surface area contributed by atoms with Gasteiger partial charge in [0.25, 0.3) is 0 Å². The van der Waals surface area contributed by atoms with Gasteiger partial charge in [-0.15, -0.1) is 10.2 Å². The van der Waals surface area contributed by atoms with E-state index in [2.05, 4.69) is 15.3 Å². The Hall–Kier alpha value is -2.37. The number of aromatic nitrogens is 3. The Labute approximate surface area is 143 Å². The molecule has 0 aliphatic rings. The van der Waals surface area contributed by atoms with E-state index in [1.165, 1.54) is 17.3 Å². The Bertz CT molecular complexity index is 819. The first-order chi connectivity index (χ1) is 11.2. The van der Waals surface area contributed by atoms with Crippen LogP contribution < -0.4 is 4.74 Å². The average molecular weight is 347 g/mol. The molecular formula is C16H12Cl2N4O. The number of halogens is 2. The van der Waals surface area contributed by atoms with Crippen molar-refractivity contribution in [1.29, 1.82) is 0 Å². The third kappa shape index (κ3) is 4.09. The molecule has 0 atom stereocenters. The zero-order valence-corrected chi connectivity index (χ0v) is 13.4. The minimum absolute atomic E-state index is 0.356. The second kappa shape index (κ2) is 7.26. The summed E-state index contributed by atoms with van der Waals surface area (Å²) in [7, 11) is 0. The summed E-state index contributed by atoms with van der Waals surface area (Å²) in [4.78, 5) is 0. The molecule has 0 bridgehead atoms. The molecule has 0 unspecified atom stereocenters. The summed E-state index contributed by atoms with van der Waals surface area (Å²) >= 11 is 12.2. The number of benzene rings is 2. The molecule has 0 spiro atoms. The molecule has 0 saturated heterocycles. The van der Waals surface area contributed by atoms with Crippen LogP contribution in [0.15, 0.2) is 60.2 Å². The highest BCUT2D eigenvalue weighted by atomic mass is 35.5. The van der Waals surface area contributed by atoms with Crippen LogP contribution >= 0.6 is 23.2 Å². The van der Waals surface area contributed by atoms with Crippen LogP contribution in [0.5, 0.6) is 5.75 Å². The van der Waals surface area contributed by atoms with Gasteiger partial charge in [0.1, 0.15) is 25.0 Å². The molecule has 3 aromatic rings. The fraction of sp³-hybridized carbons (Fsp3) is 0.0625. The molecule has 1 heterocycles. The summed E-state index contributed by atoms with van der Waals surface area (Å²) in [5, 5.41) is 12.9. The minimum atomic E-state index is 0.356. The highest BCUT2D eigenvalue weighted by Crippen LogP contribution is 2.24. The minimum Gasteiger partial charge on any atom is -0.488 e. The van der Waals surface area contributed by atoms with Gasteiger partial charge in [-0.1, -0.05) is 41.4 Å². The largest absolute Gasteiger partial charge is 0.488 e. The first-order valence-electron chi connectivity index (χ1n) is 6.77. The molecule has 0 fully saturated rings. The maximum Gasteiger partial charge on any atom is 0.141 e. The average Bonchev–Trinajstić information content (AvgIpc) is 3.07. The second-order valence-electron chi connectivity index (χ2n) is 4.65. The van der Waals surface area contributed by atoms with E-state index in [0.29, 0.717) is 22.4 Å². The van der Waals surface area contributed by atoms with Gasteiger partial charge in [-0.2, -0.15) is 5.10 Å². The second-order valence-corrected chi connectivity index (χ2v) is 5.49. The molecule has 0 N–H and O–H groups in total. The van der Waals surface area contributed by atoms with Crippen molar-refractivity contribution in [2.75, 3.05) is 0 Å². The van der Waals surface area contributed by atoms with E-state index in [1.807, 2.05) is 24.3 Å². The van der Waals surface area contributed by atoms with Crippen LogP contribution in [0, 0.1) is 0 Å². The van der Waals surface area contributed by atoms with Crippen molar-refractivity contribution in [3.63, 3.8) is 0 Å². The van der Waals surface area contributed by atoms with Gasteiger partial charge in [0, 0.05) is 21.2 Å². The standard InChI is InChI=1S/C16H12Cl2N4O/c17-14-5-6-16(23-9-12-3-1-2-4-15(12)18)13(7-14)8-21-22-10-19-20-11-22/h1-8,10-11H,9H2/b21-8-. The molecule has 7 heteroatoms. The van der Waals surface area contributed by atoms with Crippen molar-refractivity contribution in [3.05, 3.63) is 76.3 Å². The van der Waals surface area contributed by atoms with E-state index < -0.39 is 0 Å². The maximum atomic E-state index is 6.14. The van der Waals surface area contributed by atoms with Crippen LogP contribution in [0.3, 0.4) is 0 Å². The van der Waals surface area contributed by atoms with Gasteiger partial charge in [-0.05, 0) is 24.3 Å². The monoisotopic (exact) mass is 346 g/mol. The van der Waals surface area contributed by atoms with Crippen molar-refractivity contribution in [2.45, 2.75) is 6.61 Å². The van der Waals surface area contributed by atoms with Gasteiger partial charge < -0.3 is 4.74 Å². The van der Waals surface area contributed by atoms with Crippen molar-refractivity contribution in [1.82, 2.24) is 14.9 Å². The Morgan fingerprint density at radius 1 is 1.09 bits per heavy atom. The Morgan fingerprint density at radius 3 is 2.65 bits per heavy atom. The smallest absolute Gasteiger partial charge is 0.141 e. The normalized spacial score (nSPS) is 11.0. The van der Waals surface area contributed by atoms with Gasteiger partial charge >= 0.3 is 0 Å². The van der Waals surface area contributed by atoms with E-state index >= 15 is 0 Å². The van der Waals surface area contributed by atoms with Gasteiger partial charge in [0.05, 0.1) is 6.21 Å². The molecule has 5 nitrogen and oxygen atoms in total. The lowest BCUT2D eigenvalue weighted by Gasteiger charge is -2.10.